The fourth-order valence-electron chi connectivity index (χ4n) is 3.90. The topological polar surface area (TPSA) is 151 Å². The van der Waals surface area contributed by atoms with Gasteiger partial charge in [-0.25, -0.2) is 0 Å². The van der Waals surface area contributed by atoms with Gasteiger partial charge in [0.1, 0.15) is 28.9 Å². The molecule has 10 nitrogen and oxygen atoms in total. The molecular formula is C29H29N3O7. The van der Waals surface area contributed by atoms with Crippen LogP contribution in [0.4, 0.5) is 5.69 Å². The average Bonchev–Trinajstić information content (AvgIpc) is 3.26. The Morgan fingerprint density at radius 1 is 1.08 bits per heavy atom. The van der Waals surface area contributed by atoms with Crippen molar-refractivity contribution in [1.29, 1.82) is 5.26 Å². The van der Waals surface area contributed by atoms with Crippen LogP contribution in [-0.2, 0) is 16.0 Å². The molecule has 0 fully saturated rings. The number of rotatable bonds is 10. The first-order valence-corrected chi connectivity index (χ1v) is 12.0. The van der Waals surface area contributed by atoms with Gasteiger partial charge in [0.15, 0.2) is 17.1 Å². The average molecular weight is 532 g/mol. The highest BCUT2D eigenvalue weighted by molar-refractivity contribution is 6.15. The smallest absolute Gasteiger partial charge is 0.269 e. The number of hydrogen-bond donors (Lipinski definition) is 3. The summed E-state index contributed by atoms with van der Waals surface area (Å²) in [5, 5.41) is 24.6. The first-order valence-electron chi connectivity index (χ1n) is 12.0. The number of furan rings is 1. The second-order valence-electron chi connectivity index (χ2n) is 8.65. The molecule has 2 amide bonds. The quantitative estimate of drug-likeness (QED) is 0.147. The lowest BCUT2D eigenvalue weighted by Crippen LogP contribution is -2.24. The number of amides is 2. The number of nitrogens with one attached hydrogen (secondary N) is 2. The van der Waals surface area contributed by atoms with Crippen molar-refractivity contribution in [2.75, 3.05) is 26.1 Å². The van der Waals surface area contributed by atoms with E-state index in [1.165, 1.54) is 19.9 Å². The minimum Gasteiger partial charge on any atom is -0.511 e. The van der Waals surface area contributed by atoms with Crippen LogP contribution < -0.4 is 20.1 Å². The van der Waals surface area contributed by atoms with Crippen LogP contribution in [0.25, 0.3) is 16.5 Å². The number of nitriles is 1. The number of ether oxygens (including phenoxy) is 2. The van der Waals surface area contributed by atoms with Gasteiger partial charge in [-0.05, 0) is 55.2 Å². The number of aliphatic hydroxyl groups is 1. The van der Waals surface area contributed by atoms with Gasteiger partial charge >= 0.3 is 0 Å². The summed E-state index contributed by atoms with van der Waals surface area (Å²) in [5.41, 5.74) is 2.11. The Morgan fingerprint density at radius 2 is 1.82 bits per heavy atom. The fourth-order valence-corrected chi connectivity index (χ4v) is 3.90. The molecule has 0 saturated carbocycles. The summed E-state index contributed by atoms with van der Waals surface area (Å²) < 4.78 is 16.2. The standard InChI is InChI=1S/C29H29N3O7/c1-16(12-26(35)31-11-10-19-6-8-21(37-4)14-25(19)38-5)20-7-9-24-22(13-20)27(28(39-24)18(3)34)32-29(36)23(15-30)17(2)33/h6-9,12-14,33H,10-11H2,1-5H3,(H,31,35)(H,32,36)/b16-12+,23-17-. The molecule has 0 aliphatic rings. The van der Waals surface area contributed by atoms with Gasteiger partial charge in [-0.15, -0.1) is 0 Å². The fraction of sp³-hybridized carbons (Fsp3) is 0.241. The molecule has 1 heterocycles. The Hall–Kier alpha value is -5.04. The van der Waals surface area contributed by atoms with E-state index >= 15 is 0 Å². The summed E-state index contributed by atoms with van der Waals surface area (Å²) in [4.78, 5) is 37.3. The second-order valence-corrected chi connectivity index (χ2v) is 8.65. The van der Waals surface area contributed by atoms with Crippen LogP contribution in [0.1, 0.15) is 42.5 Å². The first-order chi connectivity index (χ1) is 18.6. The van der Waals surface area contributed by atoms with Crippen LogP contribution in [0.2, 0.25) is 0 Å². The van der Waals surface area contributed by atoms with Gasteiger partial charge in [-0.3, -0.25) is 14.4 Å². The Morgan fingerprint density at radius 3 is 2.44 bits per heavy atom. The maximum atomic E-state index is 12.6. The molecule has 39 heavy (non-hydrogen) atoms. The van der Waals surface area contributed by atoms with Gasteiger partial charge in [0.25, 0.3) is 5.91 Å². The third-order valence-corrected chi connectivity index (χ3v) is 5.94. The first kappa shape index (κ1) is 28.5. The highest BCUT2D eigenvalue weighted by Gasteiger charge is 2.23. The SMILES string of the molecule is COc1ccc(CCNC(=O)/C=C(\C)c2ccc3oc(C(C)=O)c(NC(=O)/C(C#N)=C(/C)O)c3c2)c(OC)c1. The molecule has 0 saturated heterocycles. The molecule has 3 aromatic rings. The van der Waals surface area contributed by atoms with E-state index in [-0.39, 0.29) is 17.4 Å². The molecule has 2 aromatic carbocycles. The Bertz CT molecular complexity index is 1540. The summed E-state index contributed by atoms with van der Waals surface area (Å²) in [7, 11) is 3.15. The Kier molecular flexibility index (Phi) is 9.12. The number of benzene rings is 2. The van der Waals surface area contributed by atoms with Gasteiger partial charge in [0.2, 0.25) is 5.91 Å². The van der Waals surface area contributed by atoms with E-state index in [1.54, 1.807) is 51.5 Å². The van der Waals surface area contributed by atoms with E-state index in [9.17, 15) is 24.8 Å². The monoisotopic (exact) mass is 531 g/mol. The highest BCUT2D eigenvalue weighted by atomic mass is 16.5. The number of methoxy groups -OCH3 is 2. The maximum absolute atomic E-state index is 12.6. The van der Waals surface area contributed by atoms with E-state index in [4.69, 9.17) is 13.9 Å². The van der Waals surface area contributed by atoms with E-state index < -0.39 is 23.0 Å². The van der Waals surface area contributed by atoms with Gasteiger partial charge in [-0.2, -0.15) is 5.26 Å². The zero-order chi connectivity index (χ0) is 28.7. The number of hydrogen-bond acceptors (Lipinski definition) is 8. The lowest BCUT2D eigenvalue weighted by Gasteiger charge is -2.10. The number of carbonyl (C=O) groups excluding carboxylic acids is 3. The molecule has 0 aliphatic heterocycles. The van der Waals surface area contributed by atoms with Crippen molar-refractivity contribution in [2.45, 2.75) is 27.2 Å². The van der Waals surface area contributed by atoms with E-state index in [2.05, 4.69) is 10.6 Å². The number of aliphatic hydroxyl groups excluding tert-OH is 1. The number of Topliss-reactive ketones (excluding diaryl/α,β-unsaturated/α-hetero) is 1. The maximum Gasteiger partial charge on any atom is 0.269 e. The lowest BCUT2D eigenvalue weighted by atomic mass is 10.0. The Balaban J connectivity index is 1.81. The molecular weight excluding hydrogens is 502 g/mol. The van der Waals surface area contributed by atoms with E-state index in [0.717, 1.165) is 5.56 Å². The van der Waals surface area contributed by atoms with Crippen molar-refractivity contribution < 1.29 is 33.4 Å². The molecule has 0 bridgehead atoms. The number of carbonyl (C=O) groups is 3. The van der Waals surface area contributed by atoms with Crippen molar-refractivity contribution in [1.82, 2.24) is 5.32 Å². The molecule has 3 rings (SSSR count). The van der Waals surface area contributed by atoms with Crippen LogP contribution in [0.3, 0.4) is 0 Å². The summed E-state index contributed by atoms with van der Waals surface area (Å²) in [5.74, 6) is -0.827. The number of ketones is 1. The normalized spacial score (nSPS) is 11.8. The molecule has 1 aromatic heterocycles. The molecule has 202 valence electrons. The predicted octanol–water partition coefficient (Wildman–Crippen LogP) is 4.71. The zero-order valence-corrected chi connectivity index (χ0v) is 22.3. The predicted molar refractivity (Wildman–Crippen MR) is 146 cm³/mol. The molecule has 3 N–H and O–H groups in total. The summed E-state index contributed by atoms with van der Waals surface area (Å²) in [6.07, 6.45) is 2.00. The van der Waals surface area contributed by atoms with Gasteiger partial charge in [-0.1, -0.05) is 12.1 Å². The van der Waals surface area contributed by atoms with Crippen molar-refractivity contribution >= 4 is 39.8 Å². The van der Waals surface area contributed by atoms with Gasteiger partial charge < -0.3 is 29.6 Å². The van der Waals surface area contributed by atoms with Crippen molar-refractivity contribution in [3.63, 3.8) is 0 Å². The number of anilines is 1. The third kappa shape index (κ3) is 6.64. The van der Waals surface area contributed by atoms with Crippen LogP contribution in [-0.4, -0.2) is 43.5 Å². The molecule has 10 heteroatoms. The molecule has 0 radical (unpaired) electrons. The molecule has 0 aliphatic carbocycles. The number of allylic oxidation sites excluding steroid dienone is 2. The van der Waals surface area contributed by atoms with Crippen LogP contribution in [0.15, 0.2) is 58.2 Å². The largest absolute Gasteiger partial charge is 0.511 e. The highest BCUT2D eigenvalue weighted by Crippen LogP contribution is 2.34. The van der Waals surface area contributed by atoms with Crippen LogP contribution in [0, 0.1) is 11.3 Å². The molecule has 0 spiro atoms. The lowest BCUT2D eigenvalue weighted by molar-refractivity contribution is -0.116. The van der Waals surface area contributed by atoms with E-state index in [1.807, 2.05) is 12.1 Å². The Labute approximate surface area is 225 Å². The van der Waals surface area contributed by atoms with Crippen molar-refractivity contribution in [3.8, 4) is 17.6 Å². The van der Waals surface area contributed by atoms with Crippen LogP contribution in [0.5, 0.6) is 11.5 Å². The van der Waals surface area contributed by atoms with Crippen molar-refractivity contribution in [3.05, 3.63) is 70.7 Å². The minimum absolute atomic E-state index is 0.0732. The van der Waals surface area contributed by atoms with Gasteiger partial charge in [0, 0.05) is 31.0 Å². The minimum atomic E-state index is -0.881. The molecule has 0 unspecified atom stereocenters. The van der Waals surface area contributed by atoms with Crippen molar-refractivity contribution in [2.24, 2.45) is 0 Å². The summed E-state index contributed by atoms with van der Waals surface area (Å²) in [6, 6.07) is 12.1. The van der Waals surface area contributed by atoms with E-state index in [0.29, 0.717) is 46.6 Å². The van der Waals surface area contributed by atoms with Gasteiger partial charge in [0.05, 0.1) is 19.9 Å². The zero-order valence-electron chi connectivity index (χ0n) is 22.3. The van der Waals surface area contributed by atoms with Crippen LogP contribution >= 0.6 is 0 Å². The number of fused-ring (bicyclic) bond motifs is 1. The second kappa shape index (κ2) is 12.5. The summed E-state index contributed by atoms with van der Waals surface area (Å²) >= 11 is 0. The number of nitrogens with zero attached hydrogens (tertiary/aromatic N) is 1. The molecule has 0 atom stereocenters. The third-order valence-electron chi connectivity index (χ3n) is 5.94. The summed E-state index contributed by atoms with van der Waals surface area (Å²) in [6.45, 7) is 4.62.